The Morgan fingerprint density at radius 2 is 1.87 bits per heavy atom. The lowest BCUT2D eigenvalue weighted by Crippen LogP contribution is -2.48. The van der Waals surface area contributed by atoms with E-state index in [0.29, 0.717) is 19.6 Å². The Morgan fingerprint density at radius 3 is 2.35 bits per heavy atom. The van der Waals surface area contributed by atoms with Gasteiger partial charge < -0.3 is 15.4 Å². The number of hydrogen-bond acceptors (Lipinski definition) is 5. The normalized spacial score (nSPS) is 21.0. The maximum atomic E-state index is 11.4. The molecule has 1 aliphatic heterocycles. The molecule has 1 aliphatic rings. The summed E-state index contributed by atoms with van der Waals surface area (Å²) in [5.74, 6) is 1.27. The Balaban J connectivity index is 2.29. The quantitative estimate of drug-likeness (QED) is 0.517. The number of methoxy groups -OCH3 is 1. The van der Waals surface area contributed by atoms with Crippen molar-refractivity contribution in [2.24, 2.45) is 10.4 Å². The van der Waals surface area contributed by atoms with Gasteiger partial charge >= 0.3 is 0 Å². The van der Waals surface area contributed by atoms with Gasteiger partial charge in [0.1, 0.15) is 0 Å². The number of guanidine groups is 1. The first-order valence-corrected chi connectivity index (χ1v) is 9.90. The summed E-state index contributed by atoms with van der Waals surface area (Å²) in [7, 11) is 0.649. The van der Waals surface area contributed by atoms with Crippen LogP contribution >= 0.6 is 0 Å². The summed E-state index contributed by atoms with van der Waals surface area (Å²) in [6, 6.07) is 0. The van der Waals surface area contributed by atoms with Crippen molar-refractivity contribution in [3.63, 3.8) is 0 Å². The van der Waals surface area contributed by atoms with Crippen LogP contribution < -0.4 is 10.6 Å². The van der Waals surface area contributed by atoms with Crippen molar-refractivity contribution in [1.29, 1.82) is 0 Å². The highest BCUT2D eigenvalue weighted by Crippen LogP contribution is 2.20. The van der Waals surface area contributed by atoms with Gasteiger partial charge in [-0.25, -0.2) is 8.42 Å². The maximum absolute atomic E-state index is 11.4. The predicted octanol–water partition coefficient (Wildman–Crippen LogP) is -0.0571. The molecule has 7 nitrogen and oxygen atoms in total. The molecule has 0 aromatic heterocycles. The molecule has 1 heterocycles. The summed E-state index contributed by atoms with van der Waals surface area (Å²) < 4.78 is 28.3. The van der Waals surface area contributed by atoms with Crippen molar-refractivity contribution < 1.29 is 13.2 Å². The van der Waals surface area contributed by atoms with Gasteiger partial charge in [0, 0.05) is 46.9 Å². The van der Waals surface area contributed by atoms with Gasteiger partial charge in [0.15, 0.2) is 15.8 Å². The molecule has 0 spiro atoms. The van der Waals surface area contributed by atoms with E-state index in [1.807, 2.05) is 0 Å². The average Bonchev–Trinajstić information content (AvgIpc) is 2.46. The fourth-order valence-corrected chi connectivity index (χ4v) is 3.74. The lowest BCUT2D eigenvalue weighted by Gasteiger charge is -2.30. The first kappa shape index (κ1) is 20.2. The van der Waals surface area contributed by atoms with Gasteiger partial charge in [-0.3, -0.25) is 9.89 Å². The van der Waals surface area contributed by atoms with E-state index in [1.165, 1.54) is 0 Å². The highest BCUT2D eigenvalue weighted by atomic mass is 32.2. The fourth-order valence-electron chi connectivity index (χ4n) is 2.46. The van der Waals surface area contributed by atoms with Crippen molar-refractivity contribution in [1.82, 2.24) is 15.5 Å². The molecule has 23 heavy (non-hydrogen) atoms. The largest absolute Gasteiger partial charge is 0.379 e. The van der Waals surface area contributed by atoms with E-state index in [1.54, 1.807) is 14.2 Å². The Bertz CT molecular complexity index is 471. The maximum Gasteiger partial charge on any atom is 0.191 e. The third-order valence-corrected chi connectivity index (χ3v) is 5.70. The molecule has 0 amide bonds. The number of sulfone groups is 1. The zero-order valence-corrected chi connectivity index (χ0v) is 15.9. The molecular weight excluding hydrogens is 316 g/mol. The van der Waals surface area contributed by atoms with Crippen LogP contribution in [0.4, 0.5) is 0 Å². The summed E-state index contributed by atoms with van der Waals surface area (Å²) in [6.45, 7) is 9.88. The Morgan fingerprint density at radius 1 is 1.26 bits per heavy atom. The van der Waals surface area contributed by atoms with Gasteiger partial charge in [0.2, 0.25) is 0 Å². The first-order chi connectivity index (χ1) is 10.7. The lowest BCUT2D eigenvalue weighted by molar-refractivity contribution is 0.0205. The molecule has 8 heteroatoms. The van der Waals surface area contributed by atoms with Crippen molar-refractivity contribution >= 4 is 15.8 Å². The molecule has 136 valence electrons. The van der Waals surface area contributed by atoms with Crippen molar-refractivity contribution in [2.45, 2.75) is 26.9 Å². The molecule has 0 aromatic rings. The fraction of sp³-hybridized carbons (Fsp3) is 0.933. The molecule has 1 saturated heterocycles. The highest BCUT2D eigenvalue weighted by Gasteiger charge is 2.24. The number of hydrogen-bond donors (Lipinski definition) is 2. The van der Waals surface area contributed by atoms with Gasteiger partial charge in [-0.05, 0) is 5.41 Å². The predicted molar refractivity (Wildman–Crippen MR) is 94.7 cm³/mol. The molecular formula is C15H32N4O3S. The van der Waals surface area contributed by atoms with E-state index in [-0.39, 0.29) is 23.0 Å². The Hall–Kier alpha value is -0.860. The average molecular weight is 349 g/mol. The molecule has 1 atom stereocenters. The number of nitrogens with one attached hydrogen (secondary N) is 2. The molecule has 1 unspecified atom stereocenters. The standard InChI is InChI=1S/C15H32N4O3S/c1-15(2,3)13(22-5)12-18-14(16-4)17-6-7-19-8-10-23(20,21)11-9-19/h13H,6-12H2,1-5H3,(H2,16,17,18). The summed E-state index contributed by atoms with van der Waals surface area (Å²) >= 11 is 0. The van der Waals surface area contributed by atoms with Crippen LogP contribution in [-0.4, -0.2) is 83.8 Å². The molecule has 0 aromatic carbocycles. The third kappa shape index (κ3) is 7.50. The second-order valence-corrected chi connectivity index (χ2v) is 9.27. The zero-order valence-electron chi connectivity index (χ0n) is 15.1. The minimum atomic E-state index is -2.81. The summed E-state index contributed by atoms with van der Waals surface area (Å²) in [6.07, 6.45) is 0.0911. The van der Waals surface area contributed by atoms with Gasteiger partial charge in [-0.1, -0.05) is 20.8 Å². The van der Waals surface area contributed by atoms with Crippen LogP contribution in [0.15, 0.2) is 4.99 Å². The van der Waals surface area contributed by atoms with Crippen LogP contribution in [0.3, 0.4) is 0 Å². The summed E-state index contributed by atoms with van der Waals surface area (Å²) in [4.78, 5) is 6.37. The lowest BCUT2D eigenvalue weighted by atomic mass is 9.89. The van der Waals surface area contributed by atoms with E-state index < -0.39 is 9.84 Å². The number of aliphatic imine (C=N–C) groups is 1. The van der Waals surface area contributed by atoms with E-state index in [0.717, 1.165) is 19.0 Å². The molecule has 0 bridgehead atoms. The van der Waals surface area contributed by atoms with Crippen LogP contribution in [0.1, 0.15) is 20.8 Å². The SMILES string of the molecule is CN=C(NCCN1CCS(=O)(=O)CC1)NCC(OC)C(C)(C)C. The molecule has 2 N–H and O–H groups in total. The van der Waals surface area contributed by atoms with Crippen LogP contribution in [-0.2, 0) is 14.6 Å². The molecule has 0 aliphatic carbocycles. The second kappa shape index (κ2) is 8.84. The highest BCUT2D eigenvalue weighted by molar-refractivity contribution is 7.91. The molecule has 1 fully saturated rings. The van der Waals surface area contributed by atoms with Gasteiger partial charge in [0.05, 0.1) is 17.6 Å². The van der Waals surface area contributed by atoms with Crippen LogP contribution in [0, 0.1) is 5.41 Å². The molecule has 0 saturated carbocycles. The Labute approximate surface area is 140 Å². The molecule has 0 radical (unpaired) electrons. The smallest absolute Gasteiger partial charge is 0.191 e. The van der Waals surface area contributed by atoms with Crippen LogP contribution in [0.5, 0.6) is 0 Å². The Kier molecular flexibility index (Phi) is 7.76. The van der Waals surface area contributed by atoms with E-state index in [4.69, 9.17) is 4.74 Å². The zero-order chi connectivity index (χ0) is 17.5. The van der Waals surface area contributed by atoms with E-state index >= 15 is 0 Å². The van der Waals surface area contributed by atoms with Crippen molar-refractivity contribution in [2.75, 3.05) is 58.4 Å². The monoisotopic (exact) mass is 348 g/mol. The number of rotatable bonds is 6. The van der Waals surface area contributed by atoms with Gasteiger partial charge in [-0.15, -0.1) is 0 Å². The minimum absolute atomic E-state index is 0.0555. The van der Waals surface area contributed by atoms with Crippen LogP contribution in [0.25, 0.3) is 0 Å². The van der Waals surface area contributed by atoms with Crippen molar-refractivity contribution in [3.05, 3.63) is 0 Å². The third-order valence-electron chi connectivity index (χ3n) is 4.09. The second-order valence-electron chi connectivity index (χ2n) is 6.96. The van der Waals surface area contributed by atoms with Crippen LogP contribution in [0.2, 0.25) is 0 Å². The minimum Gasteiger partial charge on any atom is -0.379 e. The summed E-state index contributed by atoms with van der Waals surface area (Å²) in [5, 5.41) is 6.54. The van der Waals surface area contributed by atoms with Gasteiger partial charge in [0.25, 0.3) is 0 Å². The van der Waals surface area contributed by atoms with E-state index in [9.17, 15) is 8.42 Å². The molecule has 1 rings (SSSR count). The number of nitrogens with zero attached hydrogens (tertiary/aromatic N) is 2. The van der Waals surface area contributed by atoms with Crippen molar-refractivity contribution in [3.8, 4) is 0 Å². The topological polar surface area (TPSA) is 83.0 Å². The van der Waals surface area contributed by atoms with E-state index in [2.05, 4.69) is 41.3 Å². The first-order valence-electron chi connectivity index (χ1n) is 8.08. The summed E-state index contributed by atoms with van der Waals surface area (Å²) in [5.41, 5.74) is 0.0555. The van der Waals surface area contributed by atoms with Gasteiger partial charge in [-0.2, -0.15) is 0 Å². The number of ether oxygens (including phenoxy) is 1.